The van der Waals surface area contributed by atoms with E-state index in [0.29, 0.717) is 29.9 Å². The number of carboxylic acids is 1. The van der Waals surface area contributed by atoms with E-state index in [4.69, 9.17) is 9.84 Å². The third-order valence-corrected chi connectivity index (χ3v) is 6.47. The van der Waals surface area contributed by atoms with Gasteiger partial charge in [0.05, 0.1) is 11.5 Å². The molecular formula is C29H30O5. The van der Waals surface area contributed by atoms with Crippen molar-refractivity contribution in [1.29, 1.82) is 0 Å². The molecule has 2 aromatic carbocycles. The van der Waals surface area contributed by atoms with Crippen molar-refractivity contribution in [3.8, 4) is 11.5 Å². The van der Waals surface area contributed by atoms with Gasteiger partial charge in [-0.1, -0.05) is 54.6 Å². The first-order chi connectivity index (χ1) is 16.4. The number of ketones is 1. The Bertz CT molecular complexity index is 1170. The van der Waals surface area contributed by atoms with Gasteiger partial charge in [0.25, 0.3) is 0 Å². The van der Waals surface area contributed by atoms with Crippen LogP contribution in [0, 0.1) is 5.92 Å². The SMILES string of the molecule is CC(=O)c1ccc(OCc2cccc(CC3=CCC(C(=O)O)C=C3)c2)c(C2C=CCCC2)c1O. The zero-order chi connectivity index (χ0) is 24.1. The van der Waals surface area contributed by atoms with Crippen LogP contribution >= 0.6 is 0 Å². The van der Waals surface area contributed by atoms with E-state index in [9.17, 15) is 14.7 Å². The van der Waals surface area contributed by atoms with Crippen LogP contribution in [0.1, 0.15) is 65.6 Å². The average Bonchev–Trinajstić information content (AvgIpc) is 2.83. The predicted molar refractivity (Wildman–Crippen MR) is 131 cm³/mol. The Balaban J connectivity index is 1.50. The molecule has 5 heteroatoms. The van der Waals surface area contributed by atoms with Crippen molar-refractivity contribution in [2.45, 2.75) is 51.6 Å². The number of phenolic OH excluding ortho intramolecular Hbond substituents is 1. The zero-order valence-corrected chi connectivity index (χ0v) is 19.4. The number of Topliss-reactive ketones (excluding diaryl/α,β-unsaturated/α-hetero) is 1. The summed E-state index contributed by atoms with van der Waals surface area (Å²) in [5, 5.41) is 20.0. The summed E-state index contributed by atoms with van der Waals surface area (Å²) in [6, 6.07) is 11.5. The topological polar surface area (TPSA) is 83.8 Å². The summed E-state index contributed by atoms with van der Waals surface area (Å²) >= 11 is 0. The van der Waals surface area contributed by atoms with Crippen molar-refractivity contribution >= 4 is 11.8 Å². The number of aromatic hydroxyl groups is 1. The molecule has 2 N–H and O–H groups in total. The van der Waals surface area contributed by atoms with Crippen LogP contribution in [0.3, 0.4) is 0 Å². The second kappa shape index (κ2) is 10.6. The first-order valence-corrected chi connectivity index (χ1v) is 11.8. The van der Waals surface area contributed by atoms with E-state index in [1.807, 2.05) is 30.4 Å². The fourth-order valence-corrected chi connectivity index (χ4v) is 4.62. The fourth-order valence-electron chi connectivity index (χ4n) is 4.62. The first-order valence-electron chi connectivity index (χ1n) is 11.8. The van der Waals surface area contributed by atoms with Crippen LogP contribution < -0.4 is 4.74 Å². The second-order valence-corrected chi connectivity index (χ2v) is 9.00. The lowest BCUT2D eigenvalue weighted by atomic mass is 9.86. The molecule has 4 rings (SSSR count). The highest BCUT2D eigenvalue weighted by Gasteiger charge is 2.23. The highest BCUT2D eigenvalue weighted by molar-refractivity contribution is 5.97. The maximum atomic E-state index is 12.0. The smallest absolute Gasteiger partial charge is 0.310 e. The number of ether oxygens (including phenoxy) is 1. The maximum absolute atomic E-state index is 12.0. The van der Waals surface area contributed by atoms with Gasteiger partial charge < -0.3 is 14.9 Å². The number of hydrogen-bond donors (Lipinski definition) is 2. The average molecular weight is 459 g/mol. The van der Waals surface area contributed by atoms with Crippen LogP contribution in [-0.4, -0.2) is 22.0 Å². The molecule has 0 radical (unpaired) electrons. The summed E-state index contributed by atoms with van der Waals surface area (Å²) < 4.78 is 6.18. The molecule has 0 aromatic heterocycles. The summed E-state index contributed by atoms with van der Waals surface area (Å²) in [5.41, 5.74) is 4.23. The molecule has 34 heavy (non-hydrogen) atoms. The van der Waals surface area contributed by atoms with Gasteiger partial charge in [-0.3, -0.25) is 9.59 Å². The Hall–Kier alpha value is -3.60. The minimum atomic E-state index is -0.795. The van der Waals surface area contributed by atoms with Gasteiger partial charge in [-0.05, 0) is 67.9 Å². The van der Waals surface area contributed by atoms with Crippen LogP contribution in [0.5, 0.6) is 11.5 Å². The molecule has 2 unspecified atom stereocenters. The lowest BCUT2D eigenvalue weighted by molar-refractivity contribution is -0.139. The molecule has 0 bridgehead atoms. The summed E-state index contributed by atoms with van der Waals surface area (Å²) in [6.45, 7) is 1.80. The normalized spacial score (nSPS) is 19.5. The van der Waals surface area contributed by atoms with Crippen LogP contribution in [0.15, 0.2) is 72.4 Å². The minimum absolute atomic E-state index is 0.0194. The van der Waals surface area contributed by atoms with Crippen LogP contribution in [0.25, 0.3) is 0 Å². The summed E-state index contributed by atoms with van der Waals surface area (Å²) in [6.07, 6.45) is 14.1. The van der Waals surface area contributed by atoms with E-state index in [-0.39, 0.29) is 17.5 Å². The molecule has 2 aliphatic carbocycles. The maximum Gasteiger partial charge on any atom is 0.310 e. The monoisotopic (exact) mass is 458 g/mol. The van der Waals surface area contributed by atoms with E-state index in [1.165, 1.54) is 6.92 Å². The molecule has 0 amide bonds. The number of rotatable bonds is 8. The Labute approximate surface area is 200 Å². The largest absolute Gasteiger partial charge is 0.507 e. The van der Waals surface area contributed by atoms with Gasteiger partial charge in [0, 0.05) is 11.5 Å². The van der Waals surface area contributed by atoms with Crippen molar-refractivity contribution in [3.05, 3.63) is 94.6 Å². The van der Waals surface area contributed by atoms with Crippen molar-refractivity contribution in [2.75, 3.05) is 0 Å². The van der Waals surface area contributed by atoms with Gasteiger partial charge in [-0.15, -0.1) is 0 Å². The number of phenols is 1. The molecule has 2 aromatic rings. The molecule has 2 atom stereocenters. The Morgan fingerprint density at radius 3 is 2.62 bits per heavy atom. The standard InChI is InChI=1S/C29H30O5/c1-19(30)25-14-15-26(27(28(25)31)23-8-3-2-4-9-23)34-18-22-7-5-6-21(17-22)16-20-10-12-24(13-11-20)29(32)33/h3,5-8,10-12,14-15,17,23-24,31H,2,4,9,13,16,18H2,1H3,(H,32,33). The number of aliphatic carboxylic acids is 1. The van der Waals surface area contributed by atoms with Gasteiger partial charge in [0.1, 0.15) is 18.1 Å². The summed E-state index contributed by atoms with van der Waals surface area (Å²) in [4.78, 5) is 23.1. The number of allylic oxidation sites excluding steroid dienone is 5. The predicted octanol–water partition coefficient (Wildman–Crippen LogP) is 6.13. The van der Waals surface area contributed by atoms with Crippen LogP contribution in [0.4, 0.5) is 0 Å². The second-order valence-electron chi connectivity index (χ2n) is 9.00. The fraction of sp³-hybridized carbons (Fsp3) is 0.310. The first kappa shape index (κ1) is 23.6. The van der Waals surface area contributed by atoms with E-state index in [2.05, 4.69) is 18.2 Å². The molecule has 0 saturated heterocycles. The van der Waals surface area contributed by atoms with Gasteiger partial charge in [-0.2, -0.15) is 0 Å². The third-order valence-electron chi connectivity index (χ3n) is 6.47. The number of carbonyl (C=O) groups is 2. The van der Waals surface area contributed by atoms with Gasteiger partial charge in [0.15, 0.2) is 5.78 Å². The van der Waals surface area contributed by atoms with Crippen molar-refractivity contribution in [1.82, 2.24) is 0 Å². The van der Waals surface area contributed by atoms with Crippen molar-refractivity contribution in [3.63, 3.8) is 0 Å². The summed E-state index contributed by atoms with van der Waals surface area (Å²) in [5.74, 6) is -0.765. The van der Waals surface area contributed by atoms with Gasteiger partial charge >= 0.3 is 5.97 Å². The van der Waals surface area contributed by atoms with Crippen molar-refractivity contribution < 1.29 is 24.5 Å². The summed E-state index contributed by atoms with van der Waals surface area (Å²) in [7, 11) is 0. The van der Waals surface area contributed by atoms with Crippen molar-refractivity contribution in [2.24, 2.45) is 5.92 Å². The molecule has 0 fully saturated rings. The van der Waals surface area contributed by atoms with E-state index in [0.717, 1.165) is 42.4 Å². The molecule has 0 saturated carbocycles. The molecule has 5 nitrogen and oxygen atoms in total. The highest BCUT2D eigenvalue weighted by atomic mass is 16.5. The highest BCUT2D eigenvalue weighted by Crippen LogP contribution is 2.42. The lowest BCUT2D eigenvalue weighted by Crippen LogP contribution is -2.12. The third kappa shape index (κ3) is 5.48. The van der Waals surface area contributed by atoms with Gasteiger partial charge in [-0.25, -0.2) is 0 Å². The van der Waals surface area contributed by atoms with E-state index in [1.54, 1.807) is 18.2 Å². The molecule has 0 heterocycles. The number of carbonyl (C=O) groups excluding carboxylic acids is 1. The number of hydrogen-bond acceptors (Lipinski definition) is 4. The zero-order valence-electron chi connectivity index (χ0n) is 19.4. The van der Waals surface area contributed by atoms with E-state index < -0.39 is 11.9 Å². The van der Waals surface area contributed by atoms with Crippen LogP contribution in [0.2, 0.25) is 0 Å². The Morgan fingerprint density at radius 2 is 1.94 bits per heavy atom. The Kier molecular flexibility index (Phi) is 7.31. The molecular weight excluding hydrogens is 428 g/mol. The molecule has 0 spiro atoms. The number of carboxylic acid groups (broad SMARTS) is 1. The molecule has 2 aliphatic rings. The van der Waals surface area contributed by atoms with Gasteiger partial charge in [0.2, 0.25) is 0 Å². The quantitative estimate of drug-likeness (QED) is 0.367. The molecule has 0 aliphatic heterocycles. The van der Waals surface area contributed by atoms with E-state index >= 15 is 0 Å². The Morgan fingerprint density at radius 1 is 1.12 bits per heavy atom. The minimum Gasteiger partial charge on any atom is -0.507 e. The van der Waals surface area contributed by atoms with Crippen LogP contribution in [-0.2, 0) is 17.8 Å². The molecule has 176 valence electrons. The lowest BCUT2D eigenvalue weighted by Gasteiger charge is -2.22. The number of benzene rings is 2.